The van der Waals surface area contributed by atoms with Crippen molar-refractivity contribution in [1.29, 1.82) is 0 Å². The molecule has 32 heavy (non-hydrogen) atoms. The van der Waals surface area contributed by atoms with Crippen molar-refractivity contribution in [3.8, 4) is 10.6 Å². The first-order valence-corrected chi connectivity index (χ1v) is 11.4. The summed E-state index contributed by atoms with van der Waals surface area (Å²) in [4.78, 5) is 17.9. The Morgan fingerprint density at radius 3 is 2.72 bits per heavy atom. The number of rotatable bonds is 7. The number of aliphatic hydroxyl groups excluding tert-OH is 1. The fourth-order valence-electron chi connectivity index (χ4n) is 4.03. The molecule has 0 aliphatic heterocycles. The second kappa shape index (κ2) is 9.14. The van der Waals surface area contributed by atoms with Crippen LogP contribution in [0.5, 0.6) is 0 Å². The van der Waals surface area contributed by atoms with E-state index in [-0.39, 0.29) is 24.5 Å². The SMILES string of the molecule is CCc1nccc2sc(-c3c(C)nc(NCC(F)(F)F)nc3N[C@H]3CC[C@@H](CO)C3)nc12. The maximum Gasteiger partial charge on any atom is 0.405 e. The molecule has 0 spiro atoms. The molecule has 1 aliphatic rings. The maximum atomic E-state index is 12.7. The minimum Gasteiger partial charge on any atom is -0.396 e. The van der Waals surface area contributed by atoms with Crippen LogP contribution in [-0.2, 0) is 6.42 Å². The summed E-state index contributed by atoms with van der Waals surface area (Å²) in [5, 5.41) is 15.8. The van der Waals surface area contributed by atoms with Gasteiger partial charge in [-0.1, -0.05) is 6.92 Å². The number of thiazole rings is 1. The van der Waals surface area contributed by atoms with Crippen molar-refractivity contribution in [1.82, 2.24) is 19.9 Å². The van der Waals surface area contributed by atoms with Crippen molar-refractivity contribution in [2.75, 3.05) is 23.8 Å². The Hall–Kier alpha value is -2.53. The summed E-state index contributed by atoms with van der Waals surface area (Å²) in [5.74, 6) is 0.581. The topological polar surface area (TPSA) is 95.9 Å². The molecule has 3 aromatic heterocycles. The number of pyridine rings is 1. The molecule has 3 aromatic rings. The van der Waals surface area contributed by atoms with Gasteiger partial charge in [-0.2, -0.15) is 18.2 Å². The van der Waals surface area contributed by atoms with Gasteiger partial charge in [0.2, 0.25) is 5.95 Å². The molecule has 0 amide bonds. The Morgan fingerprint density at radius 1 is 1.22 bits per heavy atom. The highest BCUT2D eigenvalue weighted by Crippen LogP contribution is 2.38. The molecule has 2 atom stereocenters. The number of alkyl halides is 3. The number of aromatic nitrogens is 4. The van der Waals surface area contributed by atoms with E-state index in [2.05, 4.69) is 25.6 Å². The number of hydrogen-bond donors (Lipinski definition) is 3. The molecule has 4 rings (SSSR count). The predicted octanol–water partition coefficient (Wildman–Crippen LogP) is 4.57. The van der Waals surface area contributed by atoms with Crippen LogP contribution < -0.4 is 10.6 Å². The number of anilines is 2. The molecule has 11 heteroatoms. The van der Waals surface area contributed by atoms with Gasteiger partial charge in [0.05, 0.1) is 21.7 Å². The number of nitrogens with one attached hydrogen (secondary N) is 2. The van der Waals surface area contributed by atoms with E-state index in [1.54, 1.807) is 13.1 Å². The Morgan fingerprint density at radius 2 is 2.03 bits per heavy atom. The average Bonchev–Trinajstić information content (AvgIpc) is 3.37. The number of aliphatic hydroxyl groups is 1. The van der Waals surface area contributed by atoms with Crippen LogP contribution in [0.4, 0.5) is 24.9 Å². The molecule has 1 aliphatic carbocycles. The molecular formula is C21H25F3N6OS. The van der Waals surface area contributed by atoms with E-state index in [9.17, 15) is 18.3 Å². The van der Waals surface area contributed by atoms with Crippen LogP contribution in [0.1, 0.15) is 37.6 Å². The van der Waals surface area contributed by atoms with Gasteiger partial charge in [-0.25, -0.2) is 9.97 Å². The fraction of sp³-hybridized carbons (Fsp3) is 0.524. The van der Waals surface area contributed by atoms with Gasteiger partial charge in [-0.3, -0.25) is 4.98 Å². The molecule has 0 radical (unpaired) electrons. The van der Waals surface area contributed by atoms with Crippen LogP contribution in [0.25, 0.3) is 20.8 Å². The van der Waals surface area contributed by atoms with E-state index < -0.39 is 12.7 Å². The highest BCUT2D eigenvalue weighted by molar-refractivity contribution is 7.21. The molecule has 3 heterocycles. The fourth-order valence-corrected chi connectivity index (χ4v) is 5.11. The lowest BCUT2D eigenvalue weighted by molar-refractivity contribution is -0.115. The molecule has 0 saturated heterocycles. The molecule has 0 aromatic carbocycles. The zero-order valence-electron chi connectivity index (χ0n) is 17.8. The Balaban J connectivity index is 1.74. The van der Waals surface area contributed by atoms with Crippen molar-refractivity contribution in [3.63, 3.8) is 0 Å². The first-order valence-electron chi connectivity index (χ1n) is 10.6. The second-order valence-corrected chi connectivity index (χ2v) is 9.04. The van der Waals surface area contributed by atoms with Crippen LogP contribution in [0.3, 0.4) is 0 Å². The lowest BCUT2D eigenvalue weighted by atomic mass is 10.1. The Labute approximate surface area is 187 Å². The van der Waals surface area contributed by atoms with Crippen molar-refractivity contribution in [3.05, 3.63) is 23.7 Å². The van der Waals surface area contributed by atoms with E-state index in [4.69, 9.17) is 4.98 Å². The van der Waals surface area contributed by atoms with Gasteiger partial charge in [0, 0.05) is 18.8 Å². The molecule has 1 fully saturated rings. The summed E-state index contributed by atoms with van der Waals surface area (Å²) in [5.41, 5.74) is 2.93. The summed E-state index contributed by atoms with van der Waals surface area (Å²) in [6.45, 7) is 2.67. The van der Waals surface area contributed by atoms with Crippen LogP contribution in [0.15, 0.2) is 12.3 Å². The second-order valence-electron chi connectivity index (χ2n) is 8.00. The van der Waals surface area contributed by atoms with Gasteiger partial charge < -0.3 is 15.7 Å². The van der Waals surface area contributed by atoms with Gasteiger partial charge in [0.1, 0.15) is 22.9 Å². The summed E-state index contributed by atoms with van der Waals surface area (Å²) < 4.78 is 39.1. The highest BCUT2D eigenvalue weighted by atomic mass is 32.1. The number of halogens is 3. The zero-order valence-corrected chi connectivity index (χ0v) is 18.6. The van der Waals surface area contributed by atoms with Gasteiger partial charge in [-0.15, -0.1) is 11.3 Å². The minimum atomic E-state index is -4.38. The van der Waals surface area contributed by atoms with E-state index in [0.717, 1.165) is 41.6 Å². The summed E-state index contributed by atoms with van der Waals surface area (Å²) in [6.07, 6.45) is 0.630. The van der Waals surface area contributed by atoms with Crippen molar-refractivity contribution in [2.24, 2.45) is 5.92 Å². The van der Waals surface area contributed by atoms with E-state index in [1.807, 2.05) is 13.0 Å². The van der Waals surface area contributed by atoms with E-state index in [0.29, 0.717) is 22.1 Å². The average molecular weight is 467 g/mol. The minimum absolute atomic E-state index is 0.0675. The number of aryl methyl sites for hydroxylation is 2. The van der Waals surface area contributed by atoms with E-state index in [1.165, 1.54) is 11.3 Å². The van der Waals surface area contributed by atoms with Gasteiger partial charge in [0.15, 0.2) is 0 Å². The monoisotopic (exact) mass is 466 g/mol. The van der Waals surface area contributed by atoms with Crippen LogP contribution in [0.2, 0.25) is 0 Å². The van der Waals surface area contributed by atoms with Gasteiger partial charge in [-0.05, 0) is 44.6 Å². The van der Waals surface area contributed by atoms with E-state index >= 15 is 0 Å². The number of hydrogen-bond acceptors (Lipinski definition) is 8. The van der Waals surface area contributed by atoms with Gasteiger partial charge in [0.25, 0.3) is 0 Å². The first-order chi connectivity index (χ1) is 15.3. The summed E-state index contributed by atoms with van der Waals surface area (Å²) >= 11 is 1.48. The van der Waals surface area contributed by atoms with Crippen LogP contribution in [0, 0.1) is 12.8 Å². The third kappa shape index (κ3) is 4.93. The lowest BCUT2D eigenvalue weighted by Crippen LogP contribution is -2.24. The van der Waals surface area contributed by atoms with Crippen molar-refractivity contribution < 1.29 is 18.3 Å². The number of nitrogens with zero attached hydrogens (tertiary/aromatic N) is 4. The van der Waals surface area contributed by atoms with Gasteiger partial charge >= 0.3 is 6.18 Å². The maximum absolute atomic E-state index is 12.7. The van der Waals surface area contributed by atoms with Crippen molar-refractivity contribution >= 4 is 33.3 Å². The summed E-state index contributed by atoms with van der Waals surface area (Å²) in [7, 11) is 0. The smallest absolute Gasteiger partial charge is 0.396 e. The predicted molar refractivity (Wildman–Crippen MR) is 119 cm³/mol. The Kier molecular flexibility index (Phi) is 6.47. The molecule has 0 bridgehead atoms. The third-order valence-electron chi connectivity index (χ3n) is 5.61. The van der Waals surface area contributed by atoms with Crippen LogP contribution >= 0.6 is 11.3 Å². The molecule has 7 nitrogen and oxygen atoms in total. The van der Waals surface area contributed by atoms with Crippen LogP contribution in [-0.4, -0.2) is 50.4 Å². The first kappa shape index (κ1) is 22.7. The summed E-state index contributed by atoms with van der Waals surface area (Å²) in [6, 6.07) is 1.97. The standard InChI is InChI=1S/C21H25F3N6OS/c1-3-14-17-15(6-7-25-14)32-19(29-17)16-11(2)27-20(26-10-21(22,23)24)30-18(16)28-13-5-4-12(8-13)9-31/h6-7,12-13,31H,3-5,8-10H2,1-2H3,(H2,26,27,28,30)/t12-,13+/m1/s1. The number of fused-ring (bicyclic) bond motifs is 1. The molecule has 172 valence electrons. The Bertz CT molecular complexity index is 1100. The zero-order chi connectivity index (χ0) is 22.9. The largest absolute Gasteiger partial charge is 0.405 e. The quantitative estimate of drug-likeness (QED) is 0.470. The third-order valence-corrected chi connectivity index (χ3v) is 6.65. The molecule has 0 unspecified atom stereocenters. The lowest BCUT2D eigenvalue weighted by Gasteiger charge is -2.18. The van der Waals surface area contributed by atoms with Crippen molar-refractivity contribution in [2.45, 2.75) is 51.7 Å². The molecule has 3 N–H and O–H groups in total. The normalized spacial score (nSPS) is 18.9. The molecular weight excluding hydrogens is 441 g/mol. The molecule has 1 saturated carbocycles. The highest BCUT2D eigenvalue weighted by Gasteiger charge is 2.29.